The number of benzene rings is 3. The second-order valence-electron chi connectivity index (χ2n) is 25.3. The van der Waals surface area contributed by atoms with Gasteiger partial charge in [0.2, 0.25) is 23.7 Å². The van der Waals surface area contributed by atoms with Crippen LogP contribution in [0.1, 0.15) is 84.6 Å². The largest absolute Gasteiger partial charge is 0.434 e. The van der Waals surface area contributed by atoms with Crippen LogP contribution in [0.4, 0.5) is 74.7 Å². The molecule has 17 nitrogen and oxygen atoms in total. The first-order chi connectivity index (χ1) is 46.6. The SMILES string of the molecule is C=S1(=O)CCC(C(=O)N2CCN(c3ccc(C(F)(F)F)cn3)CC2c2ccc(F)c(F)c2)CC1.C=S1(=O)CCC(C(=O)N2CCN(c3cnc(C(F)(F)F)cn3)CC2c2ccc(F)c(F)c2)CC1.C=S1(=O)CCC(C(=O)N2CCN(c3ncc(F)cn3)CC2c2ccc(F)cc2F)CC1. The van der Waals surface area contributed by atoms with Crippen molar-refractivity contribution in [1.82, 2.24) is 39.6 Å². The molecule has 0 aliphatic carbocycles. The molecule has 0 radical (unpaired) electrons. The molecule has 6 aliphatic rings. The zero-order chi connectivity index (χ0) is 71.5. The van der Waals surface area contributed by atoms with Gasteiger partial charge in [0, 0.05) is 129 Å². The third kappa shape index (κ3) is 18.1. The molecule has 99 heavy (non-hydrogen) atoms. The van der Waals surface area contributed by atoms with Crippen LogP contribution in [0.5, 0.6) is 0 Å². The Kier molecular flexibility index (Phi) is 22.3. The van der Waals surface area contributed by atoms with Gasteiger partial charge in [0.1, 0.15) is 23.3 Å². The average Bonchev–Trinajstić information content (AvgIpc) is 0.792. The number of carbonyl (C=O) groups excluding carboxylic acids is 3. The molecule has 6 aromatic rings. The van der Waals surface area contributed by atoms with Crippen LogP contribution in [-0.4, -0.2) is 181 Å². The molecule has 534 valence electrons. The van der Waals surface area contributed by atoms with Gasteiger partial charge in [0.25, 0.3) is 0 Å². The van der Waals surface area contributed by atoms with Gasteiger partial charge < -0.3 is 29.4 Å². The van der Waals surface area contributed by atoms with Crippen LogP contribution in [0.15, 0.2) is 97.7 Å². The fourth-order valence-electron chi connectivity index (χ4n) is 13.0. The zero-order valence-corrected chi connectivity index (χ0v) is 55.6. The smallest absolute Gasteiger partial charge is 0.352 e. The van der Waals surface area contributed by atoms with Crippen LogP contribution in [0, 0.1) is 58.5 Å². The Morgan fingerprint density at radius 2 is 0.828 bits per heavy atom. The van der Waals surface area contributed by atoms with E-state index in [0.717, 1.165) is 67.3 Å². The van der Waals surface area contributed by atoms with Crippen molar-refractivity contribution in [1.29, 1.82) is 0 Å². The Balaban J connectivity index is 0.000000161. The van der Waals surface area contributed by atoms with E-state index in [9.17, 15) is 84.1 Å². The molecule has 0 spiro atoms. The molecule has 3 atom stereocenters. The number of piperazine rings is 3. The first-order valence-corrected chi connectivity index (χ1v) is 37.7. The molecule has 6 fully saturated rings. The van der Waals surface area contributed by atoms with Crippen molar-refractivity contribution in [2.45, 2.75) is 69.0 Å². The second-order valence-corrected chi connectivity index (χ2v) is 33.5. The van der Waals surface area contributed by atoms with Crippen LogP contribution >= 0.6 is 0 Å². The lowest BCUT2D eigenvalue weighted by molar-refractivity contribution is -0.141. The Bertz CT molecular complexity index is 4050. The highest BCUT2D eigenvalue weighted by molar-refractivity contribution is 8.00. The number of halogens is 13. The first kappa shape index (κ1) is 73.6. The molecular formula is C66H70F13N11O6S3. The maximum atomic E-state index is 14.7. The van der Waals surface area contributed by atoms with Crippen LogP contribution in [0.2, 0.25) is 0 Å². The monoisotopic (exact) mass is 1460 g/mol. The first-order valence-electron chi connectivity index (χ1n) is 31.5. The fourth-order valence-corrected chi connectivity index (χ4v) is 17.8. The summed E-state index contributed by atoms with van der Waals surface area (Å²) in [6, 6.07) is 10.2. The number of alkyl halides is 6. The van der Waals surface area contributed by atoms with Crippen molar-refractivity contribution in [2.75, 3.05) is 108 Å². The Morgan fingerprint density at radius 3 is 1.22 bits per heavy atom. The van der Waals surface area contributed by atoms with Crippen LogP contribution in [-0.2, 0) is 55.3 Å². The number of anilines is 3. The molecule has 0 bridgehead atoms. The predicted molar refractivity (Wildman–Crippen MR) is 351 cm³/mol. The molecule has 33 heteroatoms. The van der Waals surface area contributed by atoms with E-state index >= 15 is 0 Å². The third-order valence-electron chi connectivity index (χ3n) is 18.6. The Morgan fingerprint density at radius 1 is 0.404 bits per heavy atom. The van der Waals surface area contributed by atoms with E-state index in [4.69, 9.17) is 0 Å². The van der Waals surface area contributed by atoms with Gasteiger partial charge in [-0.1, -0.05) is 18.2 Å². The number of pyridine rings is 1. The van der Waals surface area contributed by atoms with Crippen molar-refractivity contribution < 1.29 is 84.1 Å². The van der Waals surface area contributed by atoms with Gasteiger partial charge in [0.15, 0.2) is 34.8 Å². The van der Waals surface area contributed by atoms with Crippen LogP contribution in [0.25, 0.3) is 0 Å². The molecule has 3 unspecified atom stereocenters. The minimum Gasteiger partial charge on any atom is -0.352 e. The normalized spacial score (nSPS) is 26.2. The van der Waals surface area contributed by atoms with Gasteiger partial charge in [-0.25, -0.2) is 55.7 Å². The molecule has 12 rings (SSSR count). The van der Waals surface area contributed by atoms with E-state index in [2.05, 4.69) is 42.5 Å². The summed E-state index contributed by atoms with van der Waals surface area (Å²) < 4.78 is 210. The Hall–Kier alpha value is -8.07. The van der Waals surface area contributed by atoms with E-state index in [1.165, 1.54) is 24.3 Å². The number of rotatable bonds is 9. The van der Waals surface area contributed by atoms with Crippen LogP contribution < -0.4 is 14.7 Å². The van der Waals surface area contributed by atoms with Gasteiger partial charge in [-0.15, -0.1) is 0 Å². The second kappa shape index (κ2) is 30.0. The topological polar surface area (TPSA) is 186 Å². The lowest BCUT2D eigenvalue weighted by Crippen LogP contribution is -2.53. The summed E-state index contributed by atoms with van der Waals surface area (Å²) in [4.78, 5) is 69.2. The number of hydrogen-bond acceptors (Lipinski definition) is 14. The zero-order valence-electron chi connectivity index (χ0n) is 53.2. The van der Waals surface area contributed by atoms with Crippen molar-refractivity contribution in [3.63, 3.8) is 0 Å². The molecule has 3 aromatic heterocycles. The summed E-state index contributed by atoms with van der Waals surface area (Å²) in [6.45, 7) is 2.09. The number of hydrogen-bond donors (Lipinski definition) is 0. The predicted octanol–water partition coefficient (Wildman–Crippen LogP) is 9.60. The van der Waals surface area contributed by atoms with Gasteiger partial charge >= 0.3 is 12.4 Å². The molecule has 0 saturated carbocycles. The maximum Gasteiger partial charge on any atom is 0.434 e. The van der Waals surface area contributed by atoms with Gasteiger partial charge in [-0.05, 0) is 138 Å². The van der Waals surface area contributed by atoms with Crippen molar-refractivity contribution >= 4 is 81.5 Å². The van der Waals surface area contributed by atoms with E-state index < -0.39 is 111 Å². The van der Waals surface area contributed by atoms with E-state index in [1.807, 2.05) is 0 Å². The standard InChI is InChI=1S/C23H24F5N3O2S.C22H23F5N4O2S.C21H23F3N4O2S/c1-34(33)10-6-15(7-11-34)22(32)31-9-8-30(21-5-3-17(13-29-21)23(26,27)28)14-20(31)16-2-4-18(24)19(25)12-16;1-34(33)8-4-14(5-9-34)21(32)31-7-6-30(20-12-28-19(11-29-20)22(25,26)27)13-18(31)15-2-3-16(23)17(24)10-15;1-31(30)8-4-14(5-9-31)20(29)28-7-6-27(21-25-11-16(23)12-26-21)13-19(28)17-3-2-15(22)10-18(17)24/h2-5,12-13,15,20H,1,6-11,14H2;2-3,10-12,14,18H,1,4-9,13H2;2-3,10-12,14,19H,1,4-9,13H2. The quantitative estimate of drug-likeness (QED) is 0.0984. The third-order valence-corrected chi connectivity index (χ3v) is 24.5. The Labute approximate surface area is 563 Å². The average molecular weight is 1460 g/mol. The number of amides is 3. The highest BCUT2D eigenvalue weighted by atomic mass is 32.2. The highest BCUT2D eigenvalue weighted by Crippen LogP contribution is 2.38. The van der Waals surface area contributed by atoms with Gasteiger partial charge in [-0.2, -0.15) is 26.3 Å². The van der Waals surface area contributed by atoms with Crippen LogP contribution in [0.3, 0.4) is 0 Å². The van der Waals surface area contributed by atoms with Gasteiger partial charge in [0.05, 0.1) is 48.5 Å². The summed E-state index contributed by atoms with van der Waals surface area (Å²) >= 11 is 0. The lowest BCUT2D eigenvalue weighted by atomic mass is 9.96. The van der Waals surface area contributed by atoms with E-state index in [1.54, 1.807) is 29.4 Å². The summed E-state index contributed by atoms with van der Waals surface area (Å²) in [7, 11) is -6.49. The number of carbonyl (C=O) groups is 3. The number of nitrogens with zero attached hydrogens (tertiary/aromatic N) is 11. The molecule has 6 aliphatic heterocycles. The molecule has 3 amide bonds. The van der Waals surface area contributed by atoms with Crippen molar-refractivity contribution in [2.24, 2.45) is 17.8 Å². The van der Waals surface area contributed by atoms with Gasteiger partial charge in [-0.3, -0.25) is 27.0 Å². The number of aromatic nitrogens is 5. The maximum absolute atomic E-state index is 14.7. The summed E-state index contributed by atoms with van der Waals surface area (Å²) in [6.07, 6.45) is -1.97. The molecule has 3 aromatic carbocycles. The van der Waals surface area contributed by atoms with E-state index in [-0.39, 0.29) is 98.6 Å². The molecule has 6 saturated heterocycles. The summed E-state index contributed by atoms with van der Waals surface area (Å²) in [5.74, 6) is 6.45. The minimum atomic E-state index is -4.62. The molecule has 9 heterocycles. The summed E-state index contributed by atoms with van der Waals surface area (Å²) in [5, 5.41) is 0. The molecule has 0 N–H and O–H groups in total. The fraction of sp³-hybridized carbons (Fsp3) is 0.439. The molecular weight excluding hydrogens is 1390 g/mol. The highest BCUT2D eigenvalue weighted by Gasteiger charge is 2.42. The van der Waals surface area contributed by atoms with Crippen molar-refractivity contribution in [3.8, 4) is 0 Å². The minimum absolute atomic E-state index is 0.107. The van der Waals surface area contributed by atoms with Crippen molar-refractivity contribution in [3.05, 3.63) is 166 Å². The lowest BCUT2D eigenvalue weighted by Gasteiger charge is -2.44. The van der Waals surface area contributed by atoms with E-state index in [0.29, 0.717) is 109 Å². The summed E-state index contributed by atoms with van der Waals surface area (Å²) in [5.41, 5.74) is -1.07.